The first kappa shape index (κ1) is 15.1. The largest absolute Gasteiger partial charge is 0.481 e. The van der Waals surface area contributed by atoms with Gasteiger partial charge in [-0.25, -0.2) is 0 Å². The van der Waals surface area contributed by atoms with Crippen molar-refractivity contribution < 1.29 is 14.7 Å². The Kier molecular flexibility index (Phi) is 4.86. The number of carboxylic acids is 1. The van der Waals surface area contributed by atoms with Crippen molar-refractivity contribution in [3.8, 4) is 0 Å². The molecule has 0 aliphatic carbocycles. The number of aromatic nitrogens is 1. The zero-order valence-electron chi connectivity index (χ0n) is 11.5. The summed E-state index contributed by atoms with van der Waals surface area (Å²) in [5.41, 5.74) is 0.674. The van der Waals surface area contributed by atoms with Gasteiger partial charge in [-0.2, -0.15) is 0 Å². The van der Waals surface area contributed by atoms with E-state index in [2.05, 4.69) is 22.9 Å². The first-order chi connectivity index (χ1) is 9.52. The highest BCUT2D eigenvalue weighted by atomic mass is 79.9. The molecule has 2 heterocycles. The van der Waals surface area contributed by atoms with E-state index in [1.807, 2.05) is 16.8 Å². The van der Waals surface area contributed by atoms with Gasteiger partial charge >= 0.3 is 5.97 Å². The fourth-order valence-electron chi connectivity index (χ4n) is 2.57. The van der Waals surface area contributed by atoms with E-state index in [0.29, 0.717) is 31.6 Å². The van der Waals surface area contributed by atoms with Gasteiger partial charge in [-0.1, -0.05) is 6.92 Å². The number of amides is 1. The minimum absolute atomic E-state index is 0.00649. The van der Waals surface area contributed by atoms with Crippen LogP contribution in [0.15, 0.2) is 16.7 Å². The van der Waals surface area contributed by atoms with E-state index >= 15 is 0 Å². The van der Waals surface area contributed by atoms with Crippen molar-refractivity contribution in [3.63, 3.8) is 0 Å². The number of aliphatic carboxylic acids is 1. The highest BCUT2D eigenvalue weighted by Gasteiger charge is 2.28. The van der Waals surface area contributed by atoms with Gasteiger partial charge in [-0.05, 0) is 41.3 Å². The van der Waals surface area contributed by atoms with Crippen LogP contribution < -0.4 is 0 Å². The first-order valence-corrected chi connectivity index (χ1v) is 7.70. The molecule has 1 amide bonds. The Morgan fingerprint density at radius 2 is 2.05 bits per heavy atom. The number of nitrogens with zero attached hydrogens (tertiary/aromatic N) is 2. The van der Waals surface area contributed by atoms with E-state index in [-0.39, 0.29) is 11.8 Å². The lowest BCUT2D eigenvalue weighted by molar-refractivity contribution is -0.143. The summed E-state index contributed by atoms with van der Waals surface area (Å²) >= 11 is 3.40. The molecular weight excluding hydrogens is 324 g/mol. The molecule has 0 saturated carbocycles. The molecule has 5 nitrogen and oxygen atoms in total. The minimum atomic E-state index is -0.755. The summed E-state index contributed by atoms with van der Waals surface area (Å²) in [4.78, 5) is 25.2. The van der Waals surface area contributed by atoms with Crippen LogP contribution in [0.2, 0.25) is 0 Å². The molecule has 1 fully saturated rings. The van der Waals surface area contributed by atoms with Gasteiger partial charge in [-0.3, -0.25) is 9.59 Å². The Hall–Kier alpha value is -1.30. The Balaban J connectivity index is 2.07. The number of halogens is 1. The number of hydrogen-bond donors (Lipinski definition) is 1. The van der Waals surface area contributed by atoms with E-state index in [9.17, 15) is 9.59 Å². The third-order valence-electron chi connectivity index (χ3n) is 3.68. The minimum Gasteiger partial charge on any atom is -0.481 e. The molecule has 110 valence electrons. The number of rotatable bonds is 4. The number of piperidine rings is 1. The Morgan fingerprint density at radius 1 is 1.40 bits per heavy atom. The third-order valence-corrected chi connectivity index (χ3v) is 4.11. The number of carbonyl (C=O) groups excluding carboxylic acids is 1. The summed E-state index contributed by atoms with van der Waals surface area (Å²) in [5.74, 6) is -1.07. The van der Waals surface area contributed by atoms with E-state index < -0.39 is 5.97 Å². The molecule has 1 aliphatic heterocycles. The van der Waals surface area contributed by atoms with Gasteiger partial charge in [0.1, 0.15) is 5.69 Å². The standard InChI is InChI=1S/C14H19BrN2O3/c1-2-5-17-9-11(15)8-12(17)13(18)16-6-3-10(4-7-16)14(19)20/h8-10H,2-7H2,1H3,(H,19,20). The highest BCUT2D eigenvalue weighted by molar-refractivity contribution is 9.10. The molecule has 1 aliphatic rings. The summed E-state index contributed by atoms with van der Waals surface area (Å²) in [6.07, 6.45) is 3.96. The van der Waals surface area contributed by atoms with Crippen LogP contribution in [0.1, 0.15) is 36.7 Å². The third kappa shape index (κ3) is 3.23. The van der Waals surface area contributed by atoms with E-state index in [1.165, 1.54) is 0 Å². The number of likely N-dealkylation sites (tertiary alicyclic amines) is 1. The average molecular weight is 343 g/mol. The molecule has 0 unspecified atom stereocenters. The number of hydrogen-bond acceptors (Lipinski definition) is 2. The Morgan fingerprint density at radius 3 is 2.60 bits per heavy atom. The maximum absolute atomic E-state index is 12.5. The zero-order chi connectivity index (χ0) is 14.7. The van der Waals surface area contributed by atoms with Gasteiger partial charge in [0.05, 0.1) is 5.92 Å². The molecule has 0 atom stereocenters. The lowest BCUT2D eigenvalue weighted by atomic mass is 9.97. The summed E-state index contributed by atoms with van der Waals surface area (Å²) in [7, 11) is 0. The molecular formula is C14H19BrN2O3. The van der Waals surface area contributed by atoms with Gasteiger partial charge in [0.15, 0.2) is 0 Å². The number of carboxylic acid groups (broad SMARTS) is 1. The molecule has 0 bridgehead atoms. The van der Waals surface area contributed by atoms with Gasteiger partial charge in [-0.15, -0.1) is 0 Å². The van der Waals surface area contributed by atoms with Crippen LogP contribution in [0.3, 0.4) is 0 Å². The molecule has 1 N–H and O–H groups in total. The second kappa shape index (κ2) is 6.43. The van der Waals surface area contributed by atoms with E-state index in [1.54, 1.807) is 4.90 Å². The van der Waals surface area contributed by atoms with E-state index in [4.69, 9.17) is 5.11 Å². The van der Waals surface area contributed by atoms with Crippen LogP contribution in [0.4, 0.5) is 0 Å². The predicted molar refractivity (Wildman–Crippen MR) is 78.7 cm³/mol. The van der Waals surface area contributed by atoms with Gasteiger partial charge in [0.25, 0.3) is 5.91 Å². The second-order valence-corrected chi connectivity index (χ2v) is 6.06. The number of aryl methyl sites for hydroxylation is 1. The fraction of sp³-hybridized carbons (Fsp3) is 0.571. The van der Waals surface area contributed by atoms with Gasteiger partial charge in [0, 0.05) is 30.3 Å². The molecule has 2 rings (SSSR count). The van der Waals surface area contributed by atoms with Crippen LogP contribution in [-0.4, -0.2) is 39.5 Å². The van der Waals surface area contributed by atoms with Crippen LogP contribution in [0, 0.1) is 5.92 Å². The van der Waals surface area contributed by atoms with Crippen molar-refractivity contribution in [2.75, 3.05) is 13.1 Å². The number of carbonyl (C=O) groups is 2. The SMILES string of the molecule is CCCn1cc(Br)cc1C(=O)N1CCC(C(=O)O)CC1. The molecule has 0 radical (unpaired) electrons. The van der Waals surface area contributed by atoms with Crippen LogP contribution in [0.5, 0.6) is 0 Å². The average Bonchev–Trinajstić information content (AvgIpc) is 2.79. The summed E-state index contributed by atoms with van der Waals surface area (Å²) in [5, 5.41) is 8.98. The first-order valence-electron chi connectivity index (χ1n) is 6.90. The van der Waals surface area contributed by atoms with Crippen LogP contribution >= 0.6 is 15.9 Å². The van der Waals surface area contributed by atoms with Crippen molar-refractivity contribution in [2.45, 2.75) is 32.7 Å². The molecule has 1 saturated heterocycles. The topological polar surface area (TPSA) is 62.5 Å². The van der Waals surface area contributed by atoms with E-state index in [0.717, 1.165) is 17.4 Å². The molecule has 1 aromatic rings. The monoisotopic (exact) mass is 342 g/mol. The maximum Gasteiger partial charge on any atom is 0.306 e. The highest BCUT2D eigenvalue weighted by Crippen LogP contribution is 2.22. The normalized spacial score (nSPS) is 16.4. The quantitative estimate of drug-likeness (QED) is 0.914. The van der Waals surface area contributed by atoms with Crippen molar-refractivity contribution >= 4 is 27.8 Å². The lowest BCUT2D eigenvalue weighted by Crippen LogP contribution is -2.40. The van der Waals surface area contributed by atoms with Crippen molar-refractivity contribution in [2.24, 2.45) is 5.92 Å². The van der Waals surface area contributed by atoms with Gasteiger partial charge < -0.3 is 14.6 Å². The van der Waals surface area contributed by atoms with Gasteiger partial charge in [0.2, 0.25) is 0 Å². The fourth-order valence-corrected chi connectivity index (χ4v) is 3.04. The molecule has 1 aromatic heterocycles. The summed E-state index contributed by atoms with van der Waals surface area (Å²) < 4.78 is 2.85. The molecule has 20 heavy (non-hydrogen) atoms. The van der Waals surface area contributed by atoms with Crippen molar-refractivity contribution in [3.05, 3.63) is 22.4 Å². The van der Waals surface area contributed by atoms with Crippen molar-refractivity contribution in [1.29, 1.82) is 0 Å². The maximum atomic E-state index is 12.5. The lowest BCUT2D eigenvalue weighted by Gasteiger charge is -2.30. The Bertz CT molecular complexity index is 505. The zero-order valence-corrected chi connectivity index (χ0v) is 13.1. The van der Waals surface area contributed by atoms with Crippen LogP contribution in [0.25, 0.3) is 0 Å². The molecule has 0 spiro atoms. The molecule has 0 aromatic carbocycles. The molecule has 6 heteroatoms. The predicted octanol–water partition coefficient (Wildman–Crippen LogP) is 2.60. The smallest absolute Gasteiger partial charge is 0.306 e. The second-order valence-electron chi connectivity index (χ2n) is 5.14. The summed E-state index contributed by atoms with van der Waals surface area (Å²) in [6.45, 7) is 3.91. The summed E-state index contributed by atoms with van der Waals surface area (Å²) in [6, 6.07) is 1.83. The van der Waals surface area contributed by atoms with Crippen LogP contribution in [-0.2, 0) is 11.3 Å². The Labute approximate surface area is 126 Å². The van der Waals surface area contributed by atoms with Crippen molar-refractivity contribution in [1.82, 2.24) is 9.47 Å².